The van der Waals surface area contributed by atoms with Crippen LogP contribution in [0, 0.1) is 12.3 Å². The summed E-state index contributed by atoms with van der Waals surface area (Å²) in [5.41, 5.74) is 1.28. The number of ether oxygens (including phenoxy) is 1. The maximum atomic E-state index is 5.88. The first-order valence-corrected chi connectivity index (χ1v) is 7.61. The standard InChI is InChI=1S/C16H29N3O/c1-7-10-17-14-12(3)15(19-13(8-2)18-14)20-11-9-16(4,5)6/h7-11H2,1-6H3,(H,17,18,19). The quantitative estimate of drug-likeness (QED) is 0.820. The van der Waals surface area contributed by atoms with Crippen LogP contribution < -0.4 is 10.1 Å². The molecular weight excluding hydrogens is 250 g/mol. The van der Waals surface area contributed by atoms with Gasteiger partial charge in [-0.2, -0.15) is 4.98 Å². The van der Waals surface area contributed by atoms with Gasteiger partial charge in [-0.05, 0) is 25.2 Å². The molecule has 1 heterocycles. The predicted octanol–water partition coefficient (Wildman–Crippen LogP) is 3.98. The van der Waals surface area contributed by atoms with Gasteiger partial charge >= 0.3 is 0 Å². The van der Waals surface area contributed by atoms with E-state index in [1.807, 2.05) is 6.92 Å². The van der Waals surface area contributed by atoms with E-state index in [1.54, 1.807) is 0 Å². The van der Waals surface area contributed by atoms with Gasteiger partial charge in [-0.3, -0.25) is 0 Å². The van der Waals surface area contributed by atoms with Crippen LogP contribution in [0.3, 0.4) is 0 Å². The molecule has 0 aliphatic carbocycles. The number of aromatic nitrogens is 2. The zero-order valence-corrected chi connectivity index (χ0v) is 13.8. The number of hydrogen-bond acceptors (Lipinski definition) is 4. The van der Waals surface area contributed by atoms with Gasteiger partial charge in [0.1, 0.15) is 11.6 Å². The lowest BCUT2D eigenvalue weighted by Crippen LogP contribution is -2.14. The molecule has 1 rings (SSSR count). The third kappa shape index (κ3) is 5.35. The highest BCUT2D eigenvalue weighted by Gasteiger charge is 2.14. The highest BCUT2D eigenvalue weighted by molar-refractivity contribution is 5.48. The minimum atomic E-state index is 0.276. The molecule has 114 valence electrons. The monoisotopic (exact) mass is 279 g/mol. The van der Waals surface area contributed by atoms with E-state index in [4.69, 9.17) is 4.74 Å². The Hall–Kier alpha value is -1.32. The van der Waals surface area contributed by atoms with Crippen LogP contribution >= 0.6 is 0 Å². The van der Waals surface area contributed by atoms with Gasteiger partial charge < -0.3 is 10.1 Å². The van der Waals surface area contributed by atoms with Crippen molar-refractivity contribution >= 4 is 5.82 Å². The summed E-state index contributed by atoms with van der Waals surface area (Å²) < 4.78 is 5.88. The number of rotatable bonds is 7. The molecule has 0 aromatic carbocycles. The van der Waals surface area contributed by atoms with E-state index in [1.165, 1.54) is 0 Å². The Kier molecular flexibility index (Phi) is 6.24. The van der Waals surface area contributed by atoms with E-state index in [0.717, 1.165) is 48.9 Å². The van der Waals surface area contributed by atoms with Gasteiger partial charge in [0.2, 0.25) is 5.88 Å². The fraction of sp³-hybridized carbons (Fsp3) is 0.750. The summed E-state index contributed by atoms with van der Waals surface area (Å²) in [6, 6.07) is 0. The molecule has 0 saturated carbocycles. The van der Waals surface area contributed by atoms with Crippen molar-refractivity contribution in [2.45, 2.75) is 60.8 Å². The molecule has 1 aromatic heterocycles. The second-order valence-corrected chi connectivity index (χ2v) is 6.36. The van der Waals surface area contributed by atoms with Gasteiger partial charge in [-0.15, -0.1) is 0 Å². The first kappa shape index (κ1) is 16.7. The fourth-order valence-corrected chi connectivity index (χ4v) is 1.71. The van der Waals surface area contributed by atoms with E-state index in [2.05, 4.69) is 49.9 Å². The first-order valence-electron chi connectivity index (χ1n) is 7.61. The van der Waals surface area contributed by atoms with Crippen LogP contribution in [0.25, 0.3) is 0 Å². The van der Waals surface area contributed by atoms with Crippen LogP contribution in [-0.2, 0) is 6.42 Å². The van der Waals surface area contributed by atoms with Crippen molar-refractivity contribution in [2.75, 3.05) is 18.5 Å². The summed E-state index contributed by atoms with van der Waals surface area (Å²) >= 11 is 0. The van der Waals surface area contributed by atoms with Gasteiger partial charge in [-0.25, -0.2) is 4.98 Å². The Balaban J connectivity index is 2.82. The topological polar surface area (TPSA) is 47.0 Å². The second-order valence-electron chi connectivity index (χ2n) is 6.36. The summed E-state index contributed by atoms with van der Waals surface area (Å²) in [6.45, 7) is 14.5. The van der Waals surface area contributed by atoms with Gasteiger partial charge in [0, 0.05) is 13.0 Å². The van der Waals surface area contributed by atoms with Gasteiger partial charge in [-0.1, -0.05) is 34.6 Å². The summed E-state index contributed by atoms with van der Waals surface area (Å²) in [4.78, 5) is 9.05. The number of nitrogens with one attached hydrogen (secondary N) is 1. The third-order valence-corrected chi connectivity index (χ3v) is 3.10. The smallest absolute Gasteiger partial charge is 0.221 e. The van der Waals surface area contributed by atoms with Crippen molar-refractivity contribution in [1.29, 1.82) is 0 Å². The van der Waals surface area contributed by atoms with Crippen LogP contribution in [0.4, 0.5) is 5.82 Å². The number of hydrogen-bond donors (Lipinski definition) is 1. The SMILES string of the molecule is CCCNc1nc(CC)nc(OCCC(C)(C)C)c1C. The highest BCUT2D eigenvalue weighted by Crippen LogP contribution is 2.24. The Morgan fingerprint density at radius 3 is 2.40 bits per heavy atom. The van der Waals surface area contributed by atoms with E-state index in [0.29, 0.717) is 6.61 Å². The van der Waals surface area contributed by atoms with Gasteiger partial charge in [0.15, 0.2) is 0 Å². The maximum Gasteiger partial charge on any atom is 0.221 e. The number of nitrogens with zero attached hydrogens (tertiary/aromatic N) is 2. The molecule has 0 radical (unpaired) electrons. The van der Waals surface area contributed by atoms with Crippen LogP contribution in [0.15, 0.2) is 0 Å². The molecule has 0 amide bonds. The Morgan fingerprint density at radius 2 is 1.85 bits per heavy atom. The minimum Gasteiger partial charge on any atom is -0.477 e. The summed E-state index contributed by atoms with van der Waals surface area (Å²) in [7, 11) is 0. The van der Waals surface area contributed by atoms with Gasteiger partial charge in [0.05, 0.1) is 12.2 Å². The van der Waals surface area contributed by atoms with Crippen LogP contribution in [0.2, 0.25) is 0 Å². The van der Waals surface area contributed by atoms with Crippen molar-refractivity contribution < 1.29 is 4.74 Å². The molecule has 1 N–H and O–H groups in total. The molecule has 0 aliphatic heterocycles. The van der Waals surface area contributed by atoms with Crippen molar-refractivity contribution in [3.63, 3.8) is 0 Å². The molecule has 0 spiro atoms. The molecule has 0 fully saturated rings. The second kappa shape index (κ2) is 7.46. The zero-order valence-electron chi connectivity index (χ0n) is 13.8. The largest absolute Gasteiger partial charge is 0.477 e. The first-order chi connectivity index (χ1) is 9.37. The lowest BCUT2D eigenvalue weighted by atomic mass is 9.93. The average molecular weight is 279 g/mol. The molecular formula is C16H29N3O. The number of anilines is 1. The number of aryl methyl sites for hydroxylation is 1. The zero-order chi connectivity index (χ0) is 15.2. The molecule has 0 saturated heterocycles. The maximum absolute atomic E-state index is 5.88. The van der Waals surface area contributed by atoms with Crippen LogP contribution in [-0.4, -0.2) is 23.1 Å². The molecule has 0 unspecified atom stereocenters. The fourth-order valence-electron chi connectivity index (χ4n) is 1.71. The molecule has 0 aliphatic rings. The Morgan fingerprint density at radius 1 is 1.15 bits per heavy atom. The van der Waals surface area contributed by atoms with Crippen LogP contribution in [0.5, 0.6) is 5.88 Å². The average Bonchev–Trinajstić information content (AvgIpc) is 2.37. The summed E-state index contributed by atoms with van der Waals surface area (Å²) in [5.74, 6) is 2.46. The van der Waals surface area contributed by atoms with Crippen molar-refractivity contribution in [3.8, 4) is 5.88 Å². The molecule has 1 aromatic rings. The van der Waals surface area contributed by atoms with E-state index < -0.39 is 0 Å². The Bertz CT molecular complexity index is 424. The predicted molar refractivity (Wildman–Crippen MR) is 84.5 cm³/mol. The molecule has 4 nitrogen and oxygen atoms in total. The molecule has 0 bridgehead atoms. The molecule has 0 atom stereocenters. The summed E-state index contributed by atoms with van der Waals surface area (Å²) in [6.07, 6.45) is 2.90. The lowest BCUT2D eigenvalue weighted by Gasteiger charge is -2.19. The summed E-state index contributed by atoms with van der Waals surface area (Å²) in [5, 5.41) is 3.35. The van der Waals surface area contributed by atoms with E-state index in [-0.39, 0.29) is 5.41 Å². The van der Waals surface area contributed by atoms with Crippen molar-refractivity contribution in [2.24, 2.45) is 5.41 Å². The minimum absolute atomic E-state index is 0.276. The van der Waals surface area contributed by atoms with Crippen LogP contribution in [0.1, 0.15) is 58.8 Å². The Labute approximate surface area is 123 Å². The van der Waals surface area contributed by atoms with Gasteiger partial charge in [0.25, 0.3) is 0 Å². The lowest BCUT2D eigenvalue weighted by molar-refractivity contribution is 0.234. The molecule has 20 heavy (non-hydrogen) atoms. The van der Waals surface area contributed by atoms with E-state index >= 15 is 0 Å². The third-order valence-electron chi connectivity index (χ3n) is 3.10. The van der Waals surface area contributed by atoms with Crippen molar-refractivity contribution in [3.05, 3.63) is 11.4 Å². The van der Waals surface area contributed by atoms with Crippen molar-refractivity contribution in [1.82, 2.24) is 9.97 Å². The molecule has 4 heteroatoms. The van der Waals surface area contributed by atoms with E-state index in [9.17, 15) is 0 Å². The highest BCUT2D eigenvalue weighted by atomic mass is 16.5. The normalized spacial score (nSPS) is 11.5.